The van der Waals surface area contributed by atoms with Crippen molar-refractivity contribution in [3.63, 3.8) is 0 Å². The first-order chi connectivity index (χ1) is 9.33. The Balaban J connectivity index is 1.46. The van der Waals surface area contributed by atoms with Crippen molar-refractivity contribution in [1.29, 1.82) is 0 Å². The minimum atomic E-state index is -0.0632. The number of rotatable bonds is 6. The molecule has 1 N–H and O–H groups in total. The maximum Gasteiger partial charge on any atom is 0.230 e. The smallest absolute Gasteiger partial charge is 0.230 e. The fourth-order valence-electron chi connectivity index (χ4n) is 1.61. The highest BCUT2D eigenvalue weighted by molar-refractivity contribution is 7.99. The number of hydrogen-bond donors (Lipinski definition) is 1. The van der Waals surface area contributed by atoms with E-state index in [-0.39, 0.29) is 5.91 Å². The maximum atomic E-state index is 11.7. The molecule has 0 aromatic carbocycles. The van der Waals surface area contributed by atoms with Crippen LogP contribution < -0.4 is 5.32 Å². The van der Waals surface area contributed by atoms with E-state index in [2.05, 4.69) is 20.8 Å². The number of carbonyl (C=O) groups excluding carboxylic acids is 1. The number of amides is 1. The van der Waals surface area contributed by atoms with E-state index in [4.69, 9.17) is 4.42 Å². The van der Waals surface area contributed by atoms with Gasteiger partial charge < -0.3 is 9.73 Å². The van der Waals surface area contributed by atoms with E-state index < -0.39 is 0 Å². The van der Waals surface area contributed by atoms with Crippen LogP contribution >= 0.6 is 11.8 Å². The van der Waals surface area contributed by atoms with Gasteiger partial charge in [0.15, 0.2) is 0 Å². The van der Waals surface area contributed by atoms with E-state index in [1.807, 2.05) is 6.07 Å². The summed E-state index contributed by atoms with van der Waals surface area (Å²) in [6.07, 6.45) is 3.81. The van der Waals surface area contributed by atoms with Crippen LogP contribution in [0.5, 0.6) is 0 Å². The molecule has 2 aromatic heterocycles. The van der Waals surface area contributed by atoms with E-state index in [0.717, 1.165) is 18.6 Å². The van der Waals surface area contributed by atoms with Gasteiger partial charge in [-0.2, -0.15) is 0 Å². The lowest BCUT2D eigenvalue weighted by molar-refractivity contribution is -0.118. The molecule has 1 aliphatic rings. The normalized spacial score (nSPS) is 14.5. The number of carbonyl (C=O) groups is 1. The Labute approximate surface area is 113 Å². The molecule has 0 radical (unpaired) electrons. The summed E-state index contributed by atoms with van der Waals surface area (Å²) in [5.74, 6) is 0.973. The Bertz CT molecular complexity index is 549. The van der Waals surface area contributed by atoms with Gasteiger partial charge in [0, 0.05) is 0 Å². The SMILES string of the molecule is O=C(CSc1nnnn1C1CC1)NCc1ccco1. The topological polar surface area (TPSA) is 85.8 Å². The summed E-state index contributed by atoms with van der Waals surface area (Å²) in [6, 6.07) is 4.03. The van der Waals surface area contributed by atoms with Crippen LogP contribution in [0.3, 0.4) is 0 Å². The van der Waals surface area contributed by atoms with E-state index in [1.54, 1.807) is 17.0 Å². The Hall–Kier alpha value is -1.83. The van der Waals surface area contributed by atoms with Crippen molar-refractivity contribution >= 4 is 17.7 Å². The summed E-state index contributed by atoms with van der Waals surface area (Å²) >= 11 is 1.35. The van der Waals surface area contributed by atoms with Crippen molar-refractivity contribution in [3.8, 4) is 0 Å². The molecular weight excluding hydrogens is 266 g/mol. The van der Waals surface area contributed by atoms with E-state index in [1.165, 1.54) is 11.8 Å². The van der Waals surface area contributed by atoms with Crippen LogP contribution in [0, 0.1) is 0 Å². The molecule has 19 heavy (non-hydrogen) atoms. The van der Waals surface area contributed by atoms with Gasteiger partial charge in [-0.3, -0.25) is 4.79 Å². The van der Waals surface area contributed by atoms with E-state index in [9.17, 15) is 4.79 Å². The second-order valence-electron chi connectivity index (χ2n) is 4.28. The van der Waals surface area contributed by atoms with Crippen LogP contribution in [0.15, 0.2) is 28.0 Å². The molecule has 1 amide bonds. The molecule has 2 aromatic rings. The molecular formula is C11H13N5O2S. The zero-order valence-electron chi connectivity index (χ0n) is 10.2. The lowest BCUT2D eigenvalue weighted by Crippen LogP contribution is -2.24. The Morgan fingerprint density at radius 1 is 1.58 bits per heavy atom. The molecule has 2 heterocycles. The number of hydrogen-bond acceptors (Lipinski definition) is 6. The van der Waals surface area contributed by atoms with Crippen molar-refractivity contribution in [2.45, 2.75) is 30.6 Å². The second-order valence-corrected chi connectivity index (χ2v) is 5.22. The zero-order chi connectivity index (χ0) is 13.1. The van der Waals surface area contributed by atoms with Gasteiger partial charge in [-0.05, 0) is 35.4 Å². The lowest BCUT2D eigenvalue weighted by atomic mass is 10.4. The van der Waals surface area contributed by atoms with Crippen molar-refractivity contribution in [3.05, 3.63) is 24.2 Å². The van der Waals surface area contributed by atoms with Crippen LogP contribution in [0.4, 0.5) is 0 Å². The largest absolute Gasteiger partial charge is 0.467 e. The predicted molar refractivity (Wildman–Crippen MR) is 67.4 cm³/mol. The van der Waals surface area contributed by atoms with Crippen LogP contribution in [0.25, 0.3) is 0 Å². The van der Waals surface area contributed by atoms with Gasteiger partial charge in [0.25, 0.3) is 0 Å². The second kappa shape index (κ2) is 5.43. The van der Waals surface area contributed by atoms with Crippen molar-refractivity contribution in [2.75, 3.05) is 5.75 Å². The quantitative estimate of drug-likeness (QED) is 0.794. The van der Waals surface area contributed by atoms with Crippen molar-refractivity contribution in [2.24, 2.45) is 0 Å². The molecule has 0 unspecified atom stereocenters. The molecule has 0 spiro atoms. The molecule has 0 aliphatic heterocycles. The third-order valence-corrected chi connectivity index (χ3v) is 3.66. The van der Waals surface area contributed by atoms with Gasteiger partial charge in [0.1, 0.15) is 5.76 Å². The number of nitrogens with zero attached hydrogens (tertiary/aromatic N) is 4. The van der Waals surface area contributed by atoms with Gasteiger partial charge in [0.2, 0.25) is 11.1 Å². The molecule has 0 bridgehead atoms. The summed E-state index contributed by atoms with van der Waals surface area (Å²) in [4.78, 5) is 11.7. The first kappa shape index (κ1) is 12.2. The van der Waals surface area contributed by atoms with E-state index in [0.29, 0.717) is 23.5 Å². The molecule has 0 saturated heterocycles. The Morgan fingerprint density at radius 2 is 2.47 bits per heavy atom. The summed E-state index contributed by atoms with van der Waals surface area (Å²) in [5.41, 5.74) is 0. The molecule has 1 fully saturated rings. The molecule has 3 rings (SSSR count). The highest BCUT2D eigenvalue weighted by Gasteiger charge is 2.28. The monoisotopic (exact) mass is 279 g/mol. The van der Waals surface area contributed by atoms with Crippen molar-refractivity contribution in [1.82, 2.24) is 25.5 Å². The van der Waals surface area contributed by atoms with Gasteiger partial charge in [-0.15, -0.1) is 5.10 Å². The molecule has 1 saturated carbocycles. The summed E-state index contributed by atoms with van der Waals surface area (Å²) < 4.78 is 6.93. The van der Waals surface area contributed by atoms with Gasteiger partial charge in [-0.1, -0.05) is 11.8 Å². The highest BCUT2D eigenvalue weighted by Crippen LogP contribution is 2.36. The van der Waals surface area contributed by atoms with Crippen LogP contribution in [-0.2, 0) is 11.3 Å². The zero-order valence-corrected chi connectivity index (χ0v) is 11.0. The van der Waals surface area contributed by atoms with Gasteiger partial charge >= 0.3 is 0 Å². The number of nitrogens with one attached hydrogen (secondary N) is 1. The molecule has 0 atom stereocenters. The number of aromatic nitrogens is 4. The molecule has 1 aliphatic carbocycles. The minimum Gasteiger partial charge on any atom is -0.467 e. The predicted octanol–water partition coefficient (Wildman–Crippen LogP) is 1.01. The van der Waals surface area contributed by atoms with E-state index >= 15 is 0 Å². The van der Waals surface area contributed by atoms with Gasteiger partial charge in [0.05, 0.1) is 24.6 Å². The van der Waals surface area contributed by atoms with Crippen LogP contribution in [0.2, 0.25) is 0 Å². The number of furan rings is 1. The average Bonchev–Trinajstić information content (AvgIpc) is 2.94. The van der Waals surface area contributed by atoms with Crippen LogP contribution in [-0.4, -0.2) is 31.9 Å². The highest BCUT2D eigenvalue weighted by atomic mass is 32.2. The third kappa shape index (κ3) is 3.14. The first-order valence-electron chi connectivity index (χ1n) is 6.02. The number of tetrazole rings is 1. The number of thioether (sulfide) groups is 1. The maximum absolute atomic E-state index is 11.7. The molecule has 7 nitrogen and oxygen atoms in total. The molecule has 8 heteroatoms. The fourth-order valence-corrected chi connectivity index (χ4v) is 2.38. The first-order valence-corrected chi connectivity index (χ1v) is 7.01. The summed E-state index contributed by atoms with van der Waals surface area (Å²) in [7, 11) is 0. The third-order valence-electron chi connectivity index (χ3n) is 2.73. The standard InChI is InChI=1S/C11H13N5O2S/c17-10(12-6-9-2-1-5-18-9)7-19-11-13-14-15-16(11)8-3-4-8/h1-2,5,8H,3-4,6-7H2,(H,12,17). The summed E-state index contributed by atoms with van der Waals surface area (Å²) in [5, 5.41) is 15.0. The Kier molecular flexibility index (Phi) is 3.49. The summed E-state index contributed by atoms with van der Waals surface area (Å²) in [6.45, 7) is 0.403. The molecule has 100 valence electrons. The minimum absolute atomic E-state index is 0.0632. The van der Waals surface area contributed by atoms with Crippen molar-refractivity contribution < 1.29 is 9.21 Å². The van der Waals surface area contributed by atoms with Crippen LogP contribution in [0.1, 0.15) is 24.6 Å². The lowest BCUT2D eigenvalue weighted by Gasteiger charge is -2.03. The fraction of sp³-hybridized carbons (Fsp3) is 0.455. The Morgan fingerprint density at radius 3 is 3.21 bits per heavy atom. The average molecular weight is 279 g/mol. The van der Waals surface area contributed by atoms with Gasteiger partial charge in [-0.25, -0.2) is 4.68 Å².